The van der Waals surface area contributed by atoms with Crippen LogP contribution in [0.4, 0.5) is 5.69 Å². The number of benzene rings is 3. The number of anilines is 1. The van der Waals surface area contributed by atoms with Gasteiger partial charge < -0.3 is 25.5 Å². The molecule has 0 bridgehead atoms. The van der Waals surface area contributed by atoms with Crippen molar-refractivity contribution >= 4 is 52.3 Å². The molecular weight excluding hydrogens is 709 g/mol. The topological polar surface area (TPSA) is 131 Å². The second-order valence-corrected chi connectivity index (χ2v) is 15.6. The third-order valence-corrected chi connectivity index (χ3v) is 10.4. The van der Waals surface area contributed by atoms with Crippen molar-refractivity contribution in [3.05, 3.63) is 101 Å². The number of rotatable bonds is 16. The zero-order valence-electron chi connectivity index (χ0n) is 30.2. The van der Waals surface area contributed by atoms with Gasteiger partial charge in [0.05, 0.1) is 29.6 Å². The van der Waals surface area contributed by atoms with E-state index in [1.165, 1.54) is 25.1 Å². The summed E-state index contributed by atoms with van der Waals surface area (Å²) in [7, 11) is -1.67. The van der Waals surface area contributed by atoms with Crippen molar-refractivity contribution in [1.82, 2.24) is 20.4 Å². The third kappa shape index (κ3) is 13.7. The Labute approximate surface area is 316 Å². The molecule has 4 rings (SSSR count). The van der Waals surface area contributed by atoms with Gasteiger partial charge in [0.15, 0.2) is 0 Å². The van der Waals surface area contributed by atoms with Crippen LogP contribution >= 0.6 is 24.8 Å². The number of carbonyl (C=O) groups excluding carboxylic acids is 2. The van der Waals surface area contributed by atoms with E-state index in [4.69, 9.17) is 0 Å². The Kier molecular flexibility index (Phi) is 17.9. The number of piperidine rings is 1. The van der Waals surface area contributed by atoms with E-state index < -0.39 is 34.0 Å². The molecule has 13 heteroatoms. The van der Waals surface area contributed by atoms with Gasteiger partial charge in [-0.25, -0.2) is 8.42 Å². The summed E-state index contributed by atoms with van der Waals surface area (Å²) in [5.41, 5.74) is 2.20. The Bertz CT molecular complexity index is 1620. The summed E-state index contributed by atoms with van der Waals surface area (Å²) in [5, 5.41) is 17.6. The monoisotopic (exact) mass is 763 g/mol. The van der Waals surface area contributed by atoms with E-state index in [1.54, 1.807) is 0 Å². The zero-order chi connectivity index (χ0) is 35.6. The second-order valence-electron chi connectivity index (χ2n) is 13.6. The third-order valence-electron chi connectivity index (χ3n) is 9.12. The van der Waals surface area contributed by atoms with Crippen LogP contribution < -0.4 is 15.4 Å². The molecule has 0 spiro atoms. The fourth-order valence-corrected chi connectivity index (χ4v) is 6.96. The van der Waals surface area contributed by atoms with Gasteiger partial charge in [-0.15, -0.1) is 24.8 Å². The van der Waals surface area contributed by atoms with Gasteiger partial charge in [0.2, 0.25) is 10.0 Å². The van der Waals surface area contributed by atoms with Crippen molar-refractivity contribution < 1.29 is 23.1 Å². The summed E-state index contributed by atoms with van der Waals surface area (Å²) in [6.07, 6.45) is 1.53. The molecule has 1 aliphatic rings. The van der Waals surface area contributed by atoms with Crippen LogP contribution in [-0.2, 0) is 16.4 Å². The van der Waals surface area contributed by atoms with Crippen LogP contribution in [-0.4, -0.2) is 92.3 Å². The predicted molar refractivity (Wildman–Crippen MR) is 211 cm³/mol. The lowest BCUT2D eigenvalue weighted by atomic mass is 9.98. The fourth-order valence-electron chi connectivity index (χ4n) is 6.34. The van der Waals surface area contributed by atoms with Crippen LogP contribution in [0.1, 0.15) is 78.4 Å². The summed E-state index contributed by atoms with van der Waals surface area (Å²) in [6.45, 7) is 11.3. The quantitative estimate of drug-likeness (QED) is 0.151. The highest BCUT2D eigenvalue weighted by molar-refractivity contribution is 7.92. The molecule has 0 aromatic heterocycles. The van der Waals surface area contributed by atoms with E-state index in [2.05, 4.69) is 39.0 Å². The first-order valence-electron chi connectivity index (χ1n) is 17.3. The van der Waals surface area contributed by atoms with Gasteiger partial charge in [-0.2, -0.15) is 0 Å². The second kappa shape index (κ2) is 20.7. The molecular formula is C38H55Cl2N5O5S. The van der Waals surface area contributed by atoms with E-state index in [1.807, 2.05) is 74.6 Å². The maximum absolute atomic E-state index is 13.9. The number of hydrogen-bond donors (Lipinski definition) is 4. The van der Waals surface area contributed by atoms with Crippen molar-refractivity contribution in [1.29, 1.82) is 0 Å². The van der Waals surface area contributed by atoms with Crippen LogP contribution in [0.2, 0.25) is 0 Å². The molecule has 1 heterocycles. The average Bonchev–Trinajstić information content (AvgIpc) is 3.08. The Morgan fingerprint density at radius 3 is 1.98 bits per heavy atom. The number of likely N-dealkylation sites (N-methyl/N-ethyl adjacent to an activating group) is 1. The molecule has 282 valence electrons. The van der Waals surface area contributed by atoms with Gasteiger partial charge in [-0.3, -0.25) is 14.3 Å². The minimum Gasteiger partial charge on any atom is -0.390 e. The number of likely N-dealkylation sites (tertiary alicyclic amines) is 1. The van der Waals surface area contributed by atoms with Crippen molar-refractivity contribution in [2.75, 3.05) is 43.7 Å². The minimum absolute atomic E-state index is 0. The van der Waals surface area contributed by atoms with Crippen LogP contribution in [0, 0.1) is 5.92 Å². The van der Waals surface area contributed by atoms with E-state index in [0.717, 1.165) is 43.6 Å². The molecule has 0 radical (unpaired) electrons. The number of nitrogens with zero attached hydrogens (tertiary/aromatic N) is 2. The Morgan fingerprint density at radius 2 is 1.43 bits per heavy atom. The van der Waals surface area contributed by atoms with Gasteiger partial charge in [0.1, 0.15) is 0 Å². The van der Waals surface area contributed by atoms with Crippen molar-refractivity contribution in [2.24, 2.45) is 5.92 Å². The molecule has 1 aliphatic heterocycles. The summed E-state index contributed by atoms with van der Waals surface area (Å²) >= 11 is 0. The zero-order valence-corrected chi connectivity index (χ0v) is 32.7. The van der Waals surface area contributed by atoms with E-state index in [-0.39, 0.29) is 53.4 Å². The first kappa shape index (κ1) is 44.0. The van der Waals surface area contributed by atoms with E-state index in [0.29, 0.717) is 24.9 Å². The number of sulfonamides is 1. The smallest absolute Gasteiger partial charge is 0.251 e. The molecule has 1 fully saturated rings. The first-order valence-corrected chi connectivity index (χ1v) is 19.0. The van der Waals surface area contributed by atoms with Gasteiger partial charge in [-0.1, -0.05) is 74.5 Å². The fraction of sp³-hybridized carbons (Fsp3) is 0.474. The maximum atomic E-state index is 13.9. The predicted octanol–water partition coefficient (Wildman–Crippen LogP) is 5.54. The molecule has 2 amide bonds. The first-order chi connectivity index (χ1) is 23.3. The van der Waals surface area contributed by atoms with Crippen LogP contribution in [0.15, 0.2) is 78.9 Å². The summed E-state index contributed by atoms with van der Waals surface area (Å²) in [5.74, 6) is -0.530. The lowest BCUT2D eigenvalue weighted by Crippen LogP contribution is -2.52. The largest absolute Gasteiger partial charge is 0.390 e. The standard InChI is InChI=1S/C38H53N5O5S.2ClH/c1-6-49(47,48)41-33-23-31(37(45)39-28(4)30-15-11-8-12-16-30)22-32(24-33)38(46)40-35(21-29-13-9-7-10-14-29)36(44)26-42(5)34-17-19-43(20-18-34)25-27(2)3;;/h7-16,22-24,27-28,34-36,41,44H,6,17-21,25-26H2,1-5H3,(H,39,45)(H,40,46);2*1H. The molecule has 3 unspecified atom stereocenters. The highest BCUT2D eigenvalue weighted by atomic mass is 35.5. The lowest BCUT2D eigenvalue weighted by molar-refractivity contribution is 0.0489. The molecule has 1 saturated heterocycles. The molecule has 10 nitrogen and oxygen atoms in total. The number of halogens is 2. The van der Waals surface area contributed by atoms with Crippen molar-refractivity contribution in [3.8, 4) is 0 Å². The molecule has 0 aliphatic carbocycles. The molecule has 0 saturated carbocycles. The summed E-state index contributed by atoms with van der Waals surface area (Å²) in [4.78, 5) is 32.0. The van der Waals surface area contributed by atoms with E-state index >= 15 is 0 Å². The number of nitrogens with one attached hydrogen (secondary N) is 3. The minimum atomic E-state index is -3.70. The van der Waals surface area contributed by atoms with Crippen molar-refractivity contribution in [3.63, 3.8) is 0 Å². The van der Waals surface area contributed by atoms with Crippen LogP contribution in [0.3, 0.4) is 0 Å². The summed E-state index contributed by atoms with van der Waals surface area (Å²) < 4.78 is 27.5. The highest BCUT2D eigenvalue weighted by Gasteiger charge is 2.29. The number of aliphatic hydroxyl groups is 1. The van der Waals surface area contributed by atoms with Gasteiger partial charge in [-0.05, 0) is 88.5 Å². The van der Waals surface area contributed by atoms with Crippen molar-refractivity contribution in [2.45, 2.75) is 71.2 Å². The lowest BCUT2D eigenvalue weighted by Gasteiger charge is -2.39. The molecule has 3 aromatic rings. The number of amides is 2. The SMILES string of the molecule is CCS(=O)(=O)Nc1cc(C(=O)NC(C)c2ccccc2)cc(C(=O)NC(Cc2ccccc2)C(O)CN(C)C2CCN(CC(C)C)CC2)c1.Cl.Cl. The molecule has 3 aromatic carbocycles. The highest BCUT2D eigenvalue weighted by Crippen LogP contribution is 2.21. The van der Waals surface area contributed by atoms with Gasteiger partial charge in [0.25, 0.3) is 11.8 Å². The Balaban J connectivity index is 0.00000451. The number of aliphatic hydroxyl groups excluding tert-OH is 1. The maximum Gasteiger partial charge on any atom is 0.251 e. The van der Waals surface area contributed by atoms with Crippen LogP contribution in [0.25, 0.3) is 0 Å². The number of hydrogen-bond acceptors (Lipinski definition) is 7. The molecule has 4 N–H and O–H groups in total. The van der Waals surface area contributed by atoms with E-state index in [9.17, 15) is 23.1 Å². The molecule has 51 heavy (non-hydrogen) atoms. The number of carbonyl (C=O) groups is 2. The van der Waals surface area contributed by atoms with Crippen LogP contribution in [0.5, 0.6) is 0 Å². The summed E-state index contributed by atoms with van der Waals surface area (Å²) in [6, 6.07) is 22.8. The van der Waals surface area contributed by atoms with Gasteiger partial charge >= 0.3 is 0 Å². The Hall–Kier alpha value is -3.19. The van der Waals surface area contributed by atoms with Gasteiger partial charge in [0, 0.05) is 30.3 Å². The molecule has 3 atom stereocenters. The normalized spacial score (nSPS) is 15.6. The average molecular weight is 765 g/mol. The Morgan fingerprint density at radius 1 is 0.882 bits per heavy atom.